The van der Waals surface area contributed by atoms with Crippen LogP contribution in [0, 0.1) is 22.7 Å². The summed E-state index contributed by atoms with van der Waals surface area (Å²) < 4.78 is 16.2. The van der Waals surface area contributed by atoms with E-state index in [0.717, 1.165) is 16.4 Å². The van der Waals surface area contributed by atoms with Crippen LogP contribution in [0.15, 0.2) is 27.7 Å². The second-order valence-corrected chi connectivity index (χ2v) is 7.35. The molecular weight excluding hydrogens is 438 g/mol. The molecule has 0 aliphatic carbocycles. The number of rotatable bonds is 5. The predicted molar refractivity (Wildman–Crippen MR) is 106 cm³/mol. The lowest BCUT2D eigenvalue weighted by atomic mass is 10.0. The number of nitrogens with one attached hydrogen (secondary N) is 1. The predicted octanol–water partition coefficient (Wildman–Crippen LogP) is 0.420. The van der Waals surface area contributed by atoms with Crippen LogP contribution < -0.4 is 30.3 Å². The van der Waals surface area contributed by atoms with Crippen molar-refractivity contribution in [2.75, 3.05) is 23.6 Å². The molecule has 0 saturated carbocycles. The number of amides is 1. The van der Waals surface area contributed by atoms with Crippen LogP contribution in [0.25, 0.3) is 11.3 Å². The number of carbonyl (C=O) groups is 1. The zero-order valence-electron chi connectivity index (χ0n) is 16.4. The molecule has 3 aromatic rings. The van der Waals surface area contributed by atoms with Gasteiger partial charge < -0.3 is 30.2 Å². The van der Waals surface area contributed by atoms with Gasteiger partial charge in [-0.25, -0.2) is 4.98 Å². The van der Waals surface area contributed by atoms with Crippen molar-refractivity contribution in [2.45, 2.75) is 5.03 Å². The van der Waals surface area contributed by atoms with Gasteiger partial charge in [-0.3, -0.25) is 4.79 Å². The van der Waals surface area contributed by atoms with Crippen molar-refractivity contribution >= 4 is 29.2 Å². The van der Waals surface area contributed by atoms with Gasteiger partial charge in [0.15, 0.2) is 24.5 Å². The van der Waals surface area contributed by atoms with Crippen molar-refractivity contribution in [1.29, 1.82) is 10.5 Å². The van der Waals surface area contributed by atoms with E-state index in [1.54, 1.807) is 18.2 Å². The highest BCUT2D eigenvalue weighted by Crippen LogP contribution is 2.37. The number of carbonyl (C=O) groups excluding carboxylic acids is 1. The molecule has 0 unspecified atom stereocenters. The Bertz CT molecular complexity index is 1310. The standard InChI is InChI=1S/C19H13N7O5S/c1-26-16(19(28)31-25-26)15-10(5-20)17(22)24-18(11(15)6-21)32-7-14(27)23-9-2-3-12-13(4-9)30-8-29-12/h2-4H,7-8H2,1H3,(H3-,22,23,24,25,27,28). The first kappa shape index (κ1) is 20.8. The lowest BCUT2D eigenvalue weighted by Gasteiger charge is -2.11. The Balaban J connectivity index is 1.61. The molecule has 4 rings (SSSR count). The maximum atomic E-state index is 12.4. The summed E-state index contributed by atoms with van der Waals surface area (Å²) in [6.07, 6.45) is 0. The summed E-state index contributed by atoms with van der Waals surface area (Å²) >= 11 is 0.928. The van der Waals surface area contributed by atoms with Crippen molar-refractivity contribution in [3.05, 3.63) is 29.3 Å². The summed E-state index contributed by atoms with van der Waals surface area (Å²) in [5.74, 6) is -0.447. The molecule has 0 spiro atoms. The van der Waals surface area contributed by atoms with Crippen LogP contribution in [0.4, 0.5) is 11.5 Å². The Morgan fingerprint density at radius 2 is 2.06 bits per heavy atom. The van der Waals surface area contributed by atoms with E-state index in [2.05, 4.69) is 20.1 Å². The third-order valence-corrected chi connectivity index (χ3v) is 5.39. The van der Waals surface area contributed by atoms with E-state index in [-0.39, 0.29) is 51.7 Å². The molecule has 1 aliphatic heterocycles. The molecule has 1 aliphatic rings. The average Bonchev–Trinajstić information content (AvgIpc) is 3.37. The summed E-state index contributed by atoms with van der Waals surface area (Å²) in [6, 6.07) is 8.76. The lowest BCUT2D eigenvalue weighted by Crippen LogP contribution is -2.32. The molecule has 3 N–H and O–H groups in total. The maximum Gasteiger partial charge on any atom is 0.266 e. The van der Waals surface area contributed by atoms with Crippen molar-refractivity contribution in [3.63, 3.8) is 0 Å². The molecule has 3 heterocycles. The zero-order chi connectivity index (χ0) is 22.8. The number of ether oxygens (including phenoxy) is 2. The number of aryl methyl sites for hydroxylation is 1. The minimum Gasteiger partial charge on any atom is -0.539 e. The minimum absolute atomic E-state index is 0.0464. The summed E-state index contributed by atoms with van der Waals surface area (Å²) in [5.41, 5.74) is 5.98. The highest BCUT2D eigenvalue weighted by molar-refractivity contribution is 8.00. The van der Waals surface area contributed by atoms with Gasteiger partial charge >= 0.3 is 0 Å². The molecule has 1 aromatic carbocycles. The Kier molecular flexibility index (Phi) is 5.41. The second-order valence-electron chi connectivity index (χ2n) is 6.39. The summed E-state index contributed by atoms with van der Waals surface area (Å²) in [7, 11) is 1.42. The van der Waals surface area contributed by atoms with Crippen LogP contribution in [0.3, 0.4) is 0 Å². The van der Waals surface area contributed by atoms with E-state index >= 15 is 0 Å². The Labute approximate surface area is 184 Å². The molecule has 32 heavy (non-hydrogen) atoms. The fraction of sp³-hybridized carbons (Fsp3) is 0.158. The van der Waals surface area contributed by atoms with E-state index in [1.807, 2.05) is 12.1 Å². The fourth-order valence-electron chi connectivity index (χ4n) is 3.02. The van der Waals surface area contributed by atoms with Gasteiger partial charge in [0.2, 0.25) is 12.7 Å². The quantitative estimate of drug-likeness (QED) is 0.404. The van der Waals surface area contributed by atoms with Crippen LogP contribution in [0.5, 0.6) is 17.4 Å². The first-order valence-electron chi connectivity index (χ1n) is 8.92. The van der Waals surface area contributed by atoms with Crippen LogP contribution in [0.1, 0.15) is 11.1 Å². The number of anilines is 2. The van der Waals surface area contributed by atoms with Gasteiger partial charge in [0, 0.05) is 11.8 Å². The number of nitriles is 2. The van der Waals surface area contributed by atoms with E-state index in [9.17, 15) is 20.4 Å². The van der Waals surface area contributed by atoms with Crippen LogP contribution in [0.2, 0.25) is 0 Å². The van der Waals surface area contributed by atoms with Gasteiger partial charge in [-0.15, -0.1) is 0 Å². The van der Waals surface area contributed by atoms with Gasteiger partial charge in [0.1, 0.15) is 28.5 Å². The van der Waals surface area contributed by atoms with E-state index < -0.39 is 5.95 Å². The molecule has 2 aromatic heterocycles. The largest absolute Gasteiger partial charge is 0.539 e. The number of thioether (sulfide) groups is 1. The summed E-state index contributed by atoms with van der Waals surface area (Å²) in [5, 5.41) is 37.7. The number of nitrogens with two attached hydrogens (primary N) is 1. The van der Waals surface area contributed by atoms with Crippen LogP contribution >= 0.6 is 11.8 Å². The fourth-order valence-corrected chi connectivity index (χ4v) is 3.82. The van der Waals surface area contributed by atoms with E-state index in [1.165, 1.54) is 7.05 Å². The third-order valence-electron chi connectivity index (χ3n) is 4.41. The first-order valence-corrected chi connectivity index (χ1v) is 9.90. The number of hydrogen-bond donors (Lipinski definition) is 2. The van der Waals surface area contributed by atoms with Gasteiger partial charge in [-0.05, 0) is 12.1 Å². The minimum atomic E-state index is -0.845. The summed E-state index contributed by atoms with van der Waals surface area (Å²) in [4.78, 5) is 16.5. The molecule has 0 fully saturated rings. The third kappa shape index (κ3) is 3.68. The number of nitrogens with zero attached hydrogens (tertiary/aromatic N) is 5. The molecule has 0 saturated heterocycles. The van der Waals surface area contributed by atoms with Gasteiger partial charge in [0.25, 0.3) is 5.69 Å². The molecule has 160 valence electrons. The van der Waals surface area contributed by atoms with Gasteiger partial charge in [-0.2, -0.15) is 10.5 Å². The monoisotopic (exact) mass is 451 g/mol. The van der Waals surface area contributed by atoms with Gasteiger partial charge in [0.05, 0.1) is 22.2 Å². The first-order chi connectivity index (χ1) is 15.4. The van der Waals surface area contributed by atoms with Crippen molar-refractivity contribution in [1.82, 2.24) is 10.3 Å². The number of pyridine rings is 1. The molecule has 1 amide bonds. The van der Waals surface area contributed by atoms with Crippen LogP contribution in [-0.2, 0) is 11.8 Å². The van der Waals surface area contributed by atoms with Gasteiger partial charge in [-0.1, -0.05) is 16.4 Å². The molecule has 0 atom stereocenters. The molecular formula is C19H13N7O5S. The zero-order valence-corrected chi connectivity index (χ0v) is 17.2. The van der Waals surface area contributed by atoms with E-state index in [0.29, 0.717) is 17.2 Å². The highest BCUT2D eigenvalue weighted by Gasteiger charge is 2.29. The number of aromatic nitrogens is 3. The number of hydrogen-bond acceptors (Lipinski definition) is 11. The Hall–Kier alpha value is -4.49. The maximum absolute atomic E-state index is 12.4. The Morgan fingerprint density at radius 1 is 1.31 bits per heavy atom. The second kappa shape index (κ2) is 8.33. The van der Waals surface area contributed by atoms with Crippen LogP contribution in [-0.4, -0.2) is 28.7 Å². The van der Waals surface area contributed by atoms with Crippen molar-refractivity contribution in [3.8, 4) is 40.8 Å². The smallest absolute Gasteiger partial charge is 0.266 e. The number of nitrogen functional groups attached to an aromatic ring is 1. The SMILES string of the molecule is C[n+]1noc([O-])c1-c1c(C#N)c(N)nc(SCC(=O)Nc2ccc3c(c2)OCO3)c1C#N. The molecule has 13 heteroatoms. The van der Waals surface area contributed by atoms with E-state index in [4.69, 9.17) is 15.2 Å². The topological polar surface area (TPSA) is 187 Å². The average molecular weight is 451 g/mol. The molecule has 0 bridgehead atoms. The normalized spacial score (nSPS) is 11.6. The number of benzene rings is 1. The molecule has 12 nitrogen and oxygen atoms in total. The number of fused-ring (bicyclic) bond motifs is 1. The van der Waals surface area contributed by atoms with Crippen molar-refractivity contribution in [2.24, 2.45) is 7.05 Å². The highest BCUT2D eigenvalue weighted by atomic mass is 32.2. The van der Waals surface area contributed by atoms with Crippen molar-refractivity contribution < 1.29 is 28.6 Å². The Morgan fingerprint density at radius 3 is 2.75 bits per heavy atom. The summed E-state index contributed by atoms with van der Waals surface area (Å²) in [6.45, 7) is 0.114. The lowest BCUT2D eigenvalue weighted by molar-refractivity contribution is -0.730. The molecule has 0 radical (unpaired) electrons.